The maximum atomic E-state index is 5.58. The van der Waals surface area contributed by atoms with Gasteiger partial charge in [-0.1, -0.05) is 0 Å². The molecule has 0 aromatic heterocycles. The lowest BCUT2D eigenvalue weighted by Crippen LogP contribution is -2.21. The standard InChI is InChI=1S/C11H15BrN4O/c1-7(2)17-10-4-3-8(5-9(10)12)6-15-16-11(13)14/h3-7H,1-2H3,(H4,13,14,16). The largest absolute Gasteiger partial charge is 0.490 e. The lowest BCUT2D eigenvalue weighted by Gasteiger charge is -2.11. The van der Waals surface area contributed by atoms with Gasteiger partial charge >= 0.3 is 0 Å². The summed E-state index contributed by atoms with van der Waals surface area (Å²) >= 11 is 3.42. The Morgan fingerprint density at radius 2 is 2.12 bits per heavy atom. The molecule has 92 valence electrons. The van der Waals surface area contributed by atoms with Crippen molar-refractivity contribution < 1.29 is 4.74 Å². The Bertz CT molecular complexity index is 439. The molecule has 1 aromatic carbocycles. The highest BCUT2D eigenvalue weighted by Crippen LogP contribution is 2.26. The molecule has 0 amide bonds. The maximum Gasteiger partial charge on any atom is 0.211 e. The first-order chi connectivity index (χ1) is 7.99. The molecule has 17 heavy (non-hydrogen) atoms. The molecule has 0 saturated heterocycles. The molecule has 0 aliphatic rings. The molecule has 0 aliphatic carbocycles. The monoisotopic (exact) mass is 298 g/mol. The number of nitrogens with two attached hydrogens (primary N) is 2. The van der Waals surface area contributed by atoms with Gasteiger partial charge in [0.1, 0.15) is 5.75 Å². The summed E-state index contributed by atoms with van der Waals surface area (Å²) in [4.78, 5) is 0. The van der Waals surface area contributed by atoms with E-state index in [1.807, 2.05) is 32.0 Å². The van der Waals surface area contributed by atoms with Crippen molar-refractivity contribution in [2.24, 2.45) is 21.7 Å². The molecular weight excluding hydrogens is 284 g/mol. The number of hydrogen-bond acceptors (Lipinski definition) is 3. The van der Waals surface area contributed by atoms with Crippen LogP contribution in [0.1, 0.15) is 19.4 Å². The maximum absolute atomic E-state index is 5.58. The van der Waals surface area contributed by atoms with Crippen LogP contribution < -0.4 is 16.2 Å². The van der Waals surface area contributed by atoms with Crippen LogP contribution in [-0.2, 0) is 0 Å². The highest BCUT2D eigenvalue weighted by molar-refractivity contribution is 9.10. The molecule has 1 rings (SSSR count). The lowest BCUT2D eigenvalue weighted by molar-refractivity contribution is 0.241. The van der Waals surface area contributed by atoms with Crippen molar-refractivity contribution in [2.75, 3.05) is 0 Å². The van der Waals surface area contributed by atoms with Crippen molar-refractivity contribution in [3.63, 3.8) is 0 Å². The fourth-order valence-electron chi connectivity index (χ4n) is 1.11. The minimum atomic E-state index is -0.0694. The third-order valence-electron chi connectivity index (χ3n) is 1.70. The summed E-state index contributed by atoms with van der Waals surface area (Å²) in [6.45, 7) is 3.95. The molecule has 0 fully saturated rings. The molecular formula is C11H15BrN4O. The fraction of sp³-hybridized carbons (Fsp3) is 0.273. The van der Waals surface area contributed by atoms with Gasteiger partial charge in [-0.2, -0.15) is 5.10 Å². The van der Waals surface area contributed by atoms with Crippen LogP contribution in [0.3, 0.4) is 0 Å². The van der Waals surface area contributed by atoms with E-state index in [-0.39, 0.29) is 12.1 Å². The van der Waals surface area contributed by atoms with Gasteiger partial charge in [-0.15, -0.1) is 5.10 Å². The second-order valence-electron chi connectivity index (χ2n) is 3.63. The quantitative estimate of drug-likeness (QED) is 0.505. The smallest absolute Gasteiger partial charge is 0.211 e. The zero-order valence-electron chi connectivity index (χ0n) is 9.72. The lowest BCUT2D eigenvalue weighted by atomic mass is 10.2. The molecule has 6 heteroatoms. The Labute approximate surface area is 109 Å². The number of rotatable bonds is 4. The normalized spacial score (nSPS) is 10.8. The van der Waals surface area contributed by atoms with E-state index in [2.05, 4.69) is 26.1 Å². The third-order valence-corrected chi connectivity index (χ3v) is 2.32. The van der Waals surface area contributed by atoms with Crippen LogP contribution in [0.5, 0.6) is 5.75 Å². The predicted molar refractivity (Wildman–Crippen MR) is 73.3 cm³/mol. The number of guanidine groups is 1. The average Bonchev–Trinajstić information content (AvgIpc) is 2.21. The summed E-state index contributed by atoms with van der Waals surface area (Å²) in [5.74, 6) is 0.721. The van der Waals surface area contributed by atoms with Crippen LogP contribution in [0.15, 0.2) is 32.9 Å². The van der Waals surface area contributed by atoms with Gasteiger partial charge in [0.2, 0.25) is 5.96 Å². The summed E-state index contributed by atoms with van der Waals surface area (Å²) in [7, 11) is 0. The topological polar surface area (TPSA) is 86.0 Å². The number of nitrogens with zero attached hydrogens (tertiary/aromatic N) is 2. The fourth-order valence-corrected chi connectivity index (χ4v) is 1.60. The Morgan fingerprint density at radius 1 is 1.41 bits per heavy atom. The molecule has 4 N–H and O–H groups in total. The van der Waals surface area contributed by atoms with E-state index >= 15 is 0 Å². The Morgan fingerprint density at radius 3 is 2.65 bits per heavy atom. The van der Waals surface area contributed by atoms with E-state index in [9.17, 15) is 0 Å². The second-order valence-corrected chi connectivity index (χ2v) is 4.48. The summed E-state index contributed by atoms with van der Waals surface area (Å²) < 4.78 is 6.44. The predicted octanol–water partition coefficient (Wildman–Crippen LogP) is 1.84. The third kappa shape index (κ3) is 4.86. The van der Waals surface area contributed by atoms with Crippen molar-refractivity contribution in [3.05, 3.63) is 28.2 Å². The zero-order chi connectivity index (χ0) is 12.8. The number of benzene rings is 1. The van der Waals surface area contributed by atoms with Gasteiger partial charge in [-0.05, 0) is 53.5 Å². The van der Waals surface area contributed by atoms with Crippen LogP contribution >= 0.6 is 15.9 Å². The highest BCUT2D eigenvalue weighted by atomic mass is 79.9. The van der Waals surface area contributed by atoms with Crippen LogP contribution in [0.25, 0.3) is 0 Å². The van der Waals surface area contributed by atoms with E-state index in [0.29, 0.717) is 0 Å². The van der Waals surface area contributed by atoms with Gasteiger partial charge in [-0.25, -0.2) is 0 Å². The molecule has 0 unspecified atom stereocenters. The minimum absolute atomic E-state index is 0.0694. The SMILES string of the molecule is CC(C)Oc1ccc(C=NN=C(N)N)cc1Br. The van der Waals surface area contributed by atoms with E-state index in [1.54, 1.807) is 6.21 Å². The van der Waals surface area contributed by atoms with Crippen LogP contribution in [0.2, 0.25) is 0 Å². The molecule has 5 nitrogen and oxygen atoms in total. The zero-order valence-corrected chi connectivity index (χ0v) is 11.3. The molecule has 0 heterocycles. The van der Waals surface area contributed by atoms with Gasteiger partial charge in [-0.3, -0.25) is 0 Å². The molecule has 0 bridgehead atoms. The van der Waals surface area contributed by atoms with Gasteiger partial charge in [0, 0.05) is 0 Å². The van der Waals surface area contributed by atoms with E-state index in [0.717, 1.165) is 15.8 Å². The van der Waals surface area contributed by atoms with Crippen molar-refractivity contribution in [1.29, 1.82) is 0 Å². The average molecular weight is 299 g/mol. The Hall–Kier alpha value is -1.56. The van der Waals surface area contributed by atoms with Crippen molar-refractivity contribution >= 4 is 28.1 Å². The first-order valence-corrected chi connectivity index (χ1v) is 5.86. The van der Waals surface area contributed by atoms with E-state index in [4.69, 9.17) is 16.2 Å². The molecule has 1 aromatic rings. The second kappa shape index (κ2) is 6.24. The summed E-state index contributed by atoms with van der Waals surface area (Å²) in [5.41, 5.74) is 11.2. The van der Waals surface area contributed by atoms with Crippen molar-refractivity contribution in [2.45, 2.75) is 20.0 Å². The first kappa shape index (κ1) is 13.5. The van der Waals surface area contributed by atoms with Gasteiger partial charge in [0.25, 0.3) is 0 Å². The molecule has 0 atom stereocenters. The summed E-state index contributed by atoms with van der Waals surface area (Å²) in [6.07, 6.45) is 1.69. The molecule has 0 saturated carbocycles. The molecule has 0 aliphatic heterocycles. The number of hydrogen-bond donors (Lipinski definition) is 2. The van der Waals surface area contributed by atoms with E-state index in [1.165, 1.54) is 0 Å². The van der Waals surface area contributed by atoms with Gasteiger partial charge in [0.15, 0.2) is 0 Å². The Kier molecular flexibility index (Phi) is 4.96. The van der Waals surface area contributed by atoms with Crippen LogP contribution in [0, 0.1) is 0 Å². The minimum Gasteiger partial charge on any atom is -0.490 e. The van der Waals surface area contributed by atoms with Crippen molar-refractivity contribution in [1.82, 2.24) is 0 Å². The van der Waals surface area contributed by atoms with Crippen LogP contribution in [-0.4, -0.2) is 18.3 Å². The van der Waals surface area contributed by atoms with E-state index < -0.39 is 0 Å². The van der Waals surface area contributed by atoms with Crippen LogP contribution in [0.4, 0.5) is 0 Å². The number of ether oxygens (including phenoxy) is 1. The summed E-state index contributed by atoms with van der Waals surface area (Å²) in [5, 5.41) is 7.24. The van der Waals surface area contributed by atoms with Gasteiger partial charge < -0.3 is 16.2 Å². The van der Waals surface area contributed by atoms with Gasteiger partial charge in [0.05, 0.1) is 16.8 Å². The molecule has 0 radical (unpaired) electrons. The Balaban J connectivity index is 2.82. The molecule has 0 spiro atoms. The summed E-state index contributed by atoms with van der Waals surface area (Å²) in [6, 6.07) is 5.61. The van der Waals surface area contributed by atoms with Crippen molar-refractivity contribution in [3.8, 4) is 5.75 Å². The first-order valence-electron chi connectivity index (χ1n) is 5.07. The highest BCUT2D eigenvalue weighted by Gasteiger charge is 2.03. The number of halogens is 1.